The molecule has 1 aromatic heterocycles. The topological polar surface area (TPSA) is 102 Å². The molecule has 0 spiro atoms. The van der Waals surface area contributed by atoms with Crippen LogP contribution in [0.25, 0.3) is 0 Å². The van der Waals surface area contributed by atoms with Crippen LogP contribution in [-0.4, -0.2) is 41.1 Å². The molecule has 0 unspecified atom stereocenters. The lowest BCUT2D eigenvalue weighted by molar-refractivity contribution is -0.386. The van der Waals surface area contributed by atoms with Crippen LogP contribution in [0.5, 0.6) is 5.75 Å². The first-order valence-corrected chi connectivity index (χ1v) is 8.39. The van der Waals surface area contributed by atoms with Gasteiger partial charge < -0.3 is 10.4 Å². The summed E-state index contributed by atoms with van der Waals surface area (Å²) >= 11 is 1.53. The number of hydrogen-bond donors (Lipinski definition) is 2. The molecule has 1 fully saturated rings. The van der Waals surface area contributed by atoms with Gasteiger partial charge in [-0.05, 0) is 17.5 Å². The van der Waals surface area contributed by atoms with Crippen LogP contribution < -0.4 is 5.32 Å². The summed E-state index contributed by atoms with van der Waals surface area (Å²) in [5, 5.41) is 36.1. The first kappa shape index (κ1) is 16.4. The van der Waals surface area contributed by atoms with Crippen molar-refractivity contribution < 1.29 is 10.0 Å². The van der Waals surface area contributed by atoms with Gasteiger partial charge >= 0.3 is 5.69 Å². The van der Waals surface area contributed by atoms with Crippen LogP contribution in [0.2, 0.25) is 0 Å². The third-order valence-corrected chi connectivity index (χ3v) is 4.99. The van der Waals surface area contributed by atoms with E-state index in [1.54, 1.807) is 6.07 Å². The van der Waals surface area contributed by atoms with Gasteiger partial charge in [0.05, 0.1) is 22.6 Å². The Balaban J connectivity index is 2.15. The maximum absolute atomic E-state index is 11.2. The van der Waals surface area contributed by atoms with Crippen molar-refractivity contribution >= 4 is 17.0 Å². The number of hydrogen-bond acceptors (Lipinski definition) is 7. The zero-order chi connectivity index (χ0) is 17.1. The number of benzene rings is 1. The van der Waals surface area contributed by atoms with Crippen molar-refractivity contribution in [3.63, 3.8) is 0 Å². The minimum absolute atomic E-state index is 0.172. The van der Waals surface area contributed by atoms with Gasteiger partial charge in [-0.15, -0.1) is 11.3 Å². The average molecular weight is 344 g/mol. The van der Waals surface area contributed by atoms with Crippen LogP contribution >= 0.6 is 11.3 Å². The van der Waals surface area contributed by atoms with Gasteiger partial charge in [0.15, 0.2) is 5.75 Å². The van der Waals surface area contributed by atoms with Crippen LogP contribution in [0.3, 0.4) is 0 Å². The molecule has 1 atom stereocenters. The summed E-state index contributed by atoms with van der Waals surface area (Å²) in [4.78, 5) is 13.7. The molecule has 1 aliphatic rings. The van der Waals surface area contributed by atoms with E-state index < -0.39 is 10.6 Å². The standard InChI is InChI=1S/C16H16N4O3S/c17-10-11-8-12(16(21)13(9-11)20(22)23)15(14-2-1-7-24-14)19-5-3-18-4-6-19/h1-2,7-9,15,18,21H,3-6H2/t15-/m1/s1. The second-order valence-electron chi connectivity index (χ2n) is 5.51. The molecule has 0 saturated carbocycles. The lowest BCUT2D eigenvalue weighted by Crippen LogP contribution is -2.45. The molecule has 8 heteroatoms. The largest absolute Gasteiger partial charge is 0.502 e. The van der Waals surface area contributed by atoms with Gasteiger partial charge in [0.25, 0.3) is 0 Å². The Hall–Kier alpha value is -2.47. The minimum atomic E-state index is -0.650. The van der Waals surface area contributed by atoms with E-state index in [0.29, 0.717) is 5.56 Å². The maximum atomic E-state index is 11.2. The van der Waals surface area contributed by atoms with E-state index in [9.17, 15) is 20.5 Å². The molecule has 7 nitrogen and oxygen atoms in total. The van der Waals surface area contributed by atoms with Crippen molar-refractivity contribution in [1.29, 1.82) is 5.26 Å². The molecule has 0 radical (unpaired) electrons. The fourth-order valence-corrected chi connectivity index (χ4v) is 3.85. The quantitative estimate of drug-likeness (QED) is 0.651. The summed E-state index contributed by atoms with van der Waals surface area (Å²) in [7, 11) is 0. The number of thiophene rings is 1. The molecule has 0 amide bonds. The number of phenolic OH excluding ortho intramolecular Hbond substituents is 1. The summed E-state index contributed by atoms with van der Waals surface area (Å²) in [5.41, 5.74) is 0.150. The number of aromatic hydroxyl groups is 1. The summed E-state index contributed by atoms with van der Waals surface area (Å²) in [5.74, 6) is -0.365. The summed E-state index contributed by atoms with van der Waals surface area (Å²) in [6.07, 6.45) is 0. The Morgan fingerprint density at radius 2 is 2.17 bits per heavy atom. The van der Waals surface area contributed by atoms with E-state index in [4.69, 9.17) is 0 Å². The van der Waals surface area contributed by atoms with E-state index in [2.05, 4.69) is 10.2 Å². The summed E-state index contributed by atoms with van der Waals surface area (Å²) < 4.78 is 0. The van der Waals surface area contributed by atoms with Gasteiger partial charge in [-0.3, -0.25) is 15.0 Å². The molecule has 2 N–H and O–H groups in total. The summed E-state index contributed by atoms with van der Waals surface area (Å²) in [6, 6.07) is 8.16. The maximum Gasteiger partial charge on any atom is 0.312 e. The second kappa shape index (κ2) is 6.97. The molecular weight excluding hydrogens is 328 g/mol. The monoisotopic (exact) mass is 344 g/mol. The van der Waals surface area contributed by atoms with Gasteiger partial charge in [-0.25, -0.2) is 0 Å². The predicted molar refractivity (Wildman–Crippen MR) is 90.1 cm³/mol. The molecule has 3 rings (SSSR count). The van der Waals surface area contributed by atoms with Gasteiger partial charge in [0.1, 0.15) is 0 Å². The molecule has 1 saturated heterocycles. The number of nitro groups is 1. The van der Waals surface area contributed by atoms with Gasteiger partial charge in [-0.1, -0.05) is 6.07 Å². The molecule has 1 aromatic carbocycles. The number of nitriles is 1. The highest BCUT2D eigenvalue weighted by Gasteiger charge is 2.31. The number of piperazine rings is 1. The van der Waals surface area contributed by atoms with Crippen LogP contribution in [0.1, 0.15) is 22.0 Å². The lowest BCUT2D eigenvalue weighted by Gasteiger charge is -2.35. The molecule has 2 heterocycles. The minimum Gasteiger partial charge on any atom is -0.502 e. The lowest BCUT2D eigenvalue weighted by atomic mass is 9.98. The van der Waals surface area contributed by atoms with Crippen molar-refractivity contribution in [2.45, 2.75) is 6.04 Å². The van der Waals surface area contributed by atoms with Crippen LogP contribution in [0, 0.1) is 21.4 Å². The Morgan fingerprint density at radius 3 is 2.75 bits per heavy atom. The fraction of sp³-hybridized carbons (Fsp3) is 0.312. The zero-order valence-corrected chi connectivity index (χ0v) is 13.6. The van der Waals surface area contributed by atoms with Crippen LogP contribution in [0.15, 0.2) is 29.6 Å². The highest BCUT2D eigenvalue weighted by atomic mass is 32.1. The second-order valence-corrected chi connectivity index (χ2v) is 6.49. The van der Waals surface area contributed by atoms with Crippen molar-refractivity contribution in [1.82, 2.24) is 10.2 Å². The normalized spacial score (nSPS) is 16.5. The first-order chi connectivity index (χ1) is 11.6. The van der Waals surface area contributed by atoms with Gasteiger partial charge in [0.2, 0.25) is 0 Å². The Labute approximate surface area is 142 Å². The number of nitrogens with zero attached hydrogens (tertiary/aromatic N) is 3. The smallest absolute Gasteiger partial charge is 0.312 e. The van der Waals surface area contributed by atoms with Crippen molar-refractivity contribution in [3.05, 3.63) is 55.8 Å². The molecule has 0 bridgehead atoms. The van der Waals surface area contributed by atoms with E-state index in [-0.39, 0.29) is 17.4 Å². The third kappa shape index (κ3) is 3.10. The average Bonchev–Trinajstić information content (AvgIpc) is 3.11. The number of rotatable bonds is 4. The van der Waals surface area contributed by atoms with Gasteiger partial charge in [0, 0.05) is 42.7 Å². The first-order valence-electron chi connectivity index (χ1n) is 7.51. The summed E-state index contributed by atoms with van der Waals surface area (Å²) in [6.45, 7) is 3.13. The Kier molecular flexibility index (Phi) is 4.76. The molecule has 1 aliphatic heterocycles. The highest BCUT2D eigenvalue weighted by Crippen LogP contribution is 2.41. The van der Waals surface area contributed by atoms with Crippen molar-refractivity contribution in [2.75, 3.05) is 26.2 Å². The Morgan fingerprint density at radius 1 is 1.42 bits per heavy atom. The van der Waals surface area contributed by atoms with Crippen molar-refractivity contribution in [3.8, 4) is 11.8 Å². The molecule has 124 valence electrons. The van der Waals surface area contributed by atoms with Crippen molar-refractivity contribution in [2.24, 2.45) is 0 Å². The zero-order valence-electron chi connectivity index (χ0n) is 12.8. The number of nitro benzene ring substituents is 1. The number of phenols is 1. The van der Waals surface area contributed by atoms with E-state index in [0.717, 1.165) is 37.1 Å². The van der Waals surface area contributed by atoms with E-state index >= 15 is 0 Å². The molecule has 2 aromatic rings. The van der Waals surface area contributed by atoms with E-state index in [1.807, 2.05) is 23.6 Å². The SMILES string of the molecule is N#Cc1cc([C@H](c2cccs2)N2CCNCC2)c(O)c([N+](=O)[O-])c1. The Bertz CT molecular complexity index is 779. The van der Waals surface area contributed by atoms with Crippen LogP contribution in [-0.2, 0) is 0 Å². The van der Waals surface area contributed by atoms with Gasteiger partial charge in [-0.2, -0.15) is 5.26 Å². The highest BCUT2D eigenvalue weighted by molar-refractivity contribution is 7.10. The molecule has 0 aliphatic carbocycles. The third-order valence-electron chi connectivity index (χ3n) is 4.07. The predicted octanol–water partition coefficient (Wildman–Crippen LogP) is 2.23. The molecular formula is C16H16N4O3S. The number of nitrogens with one attached hydrogen (secondary N) is 1. The fourth-order valence-electron chi connectivity index (χ4n) is 2.97. The van der Waals surface area contributed by atoms with E-state index in [1.165, 1.54) is 11.3 Å². The van der Waals surface area contributed by atoms with Crippen LogP contribution in [0.4, 0.5) is 5.69 Å². The molecule has 24 heavy (non-hydrogen) atoms.